The van der Waals surface area contributed by atoms with E-state index in [4.69, 9.17) is 5.14 Å². The second-order valence-corrected chi connectivity index (χ2v) is 8.41. The fourth-order valence-corrected chi connectivity index (χ4v) is 3.88. The van der Waals surface area contributed by atoms with Crippen molar-refractivity contribution in [2.75, 3.05) is 5.32 Å². The Kier molecular flexibility index (Phi) is 5.17. The number of hydrogen-bond donors (Lipinski definition) is 2. The van der Waals surface area contributed by atoms with Gasteiger partial charge in [0.2, 0.25) is 0 Å². The van der Waals surface area contributed by atoms with Gasteiger partial charge in [-0.3, -0.25) is 9.93 Å². The summed E-state index contributed by atoms with van der Waals surface area (Å²) in [6, 6.07) is 0.838. The number of aryl methyl sites for hydroxylation is 2. The van der Waals surface area contributed by atoms with Crippen LogP contribution in [0.1, 0.15) is 16.7 Å². The molecule has 0 aliphatic carbocycles. The maximum atomic E-state index is 14.2. The number of nitrogens with two attached hydrogens (primary N) is 1. The molecule has 27 heavy (non-hydrogen) atoms. The van der Waals surface area contributed by atoms with Crippen LogP contribution in [-0.4, -0.2) is 17.6 Å². The van der Waals surface area contributed by atoms with Gasteiger partial charge >= 0.3 is 18.0 Å². The van der Waals surface area contributed by atoms with Gasteiger partial charge in [-0.2, -0.15) is 26.3 Å². The van der Waals surface area contributed by atoms with Gasteiger partial charge < -0.3 is 5.32 Å². The van der Waals surface area contributed by atoms with Crippen molar-refractivity contribution in [3.8, 4) is 0 Å². The van der Waals surface area contributed by atoms with E-state index in [-0.39, 0.29) is 16.8 Å². The topological polar surface area (TPSA) is 55.1 Å². The van der Waals surface area contributed by atoms with Crippen LogP contribution in [0, 0.1) is 13.8 Å². The van der Waals surface area contributed by atoms with Crippen LogP contribution in [0.2, 0.25) is 0 Å². The molecule has 0 atom stereocenters. The van der Waals surface area contributed by atoms with Crippen LogP contribution in [0.5, 0.6) is 0 Å². The lowest BCUT2D eigenvalue weighted by Gasteiger charge is -2.31. The first kappa shape index (κ1) is 21.3. The maximum Gasteiger partial charge on any atom is 0.435 e. The number of halogens is 7. The SMILES string of the molecule is Cc1cc(C(F)(C(F)(F)F)C(F)(F)F)cc(C)c1NC(=O)S1(N)C=CC=C1. The molecule has 1 heterocycles. The standard InChI is InChI=1S/C16H15F7N2OS/c1-9-7-11(14(17,15(18,19)20)16(21,22)23)8-10(2)12(9)25-13(26)27(24)5-3-4-6-27/h3-8H,24H2,1-2H3,(H,25,26). The lowest BCUT2D eigenvalue weighted by molar-refractivity contribution is -0.348. The summed E-state index contributed by atoms with van der Waals surface area (Å²) in [6.45, 7) is 2.33. The largest absolute Gasteiger partial charge is 0.435 e. The third-order valence-electron chi connectivity index (χ3n) is 3.98. The molecule has 0 spiro atoms. The first-order chi connectivity index (χ1) is 12.1. The zero-order valence-electron chi connectivity index (χ0n) is 14.0. The Bertz CT molecular complexity index is 778. The van der Waals surface area contributed by atoms with Crippen molar-refractivity contribution in [3.63, 3.8) is 0 Å². The highest BCUT2D eigenvalue weighted by atomic mass is 32.3. The average Bonchev–Trinajstić information content (AvgIpc) is 2.95. The van der Waals surface area contributed by atoms with Crippen LogP contribution in [0.3, 0.4) is 0 Å². The van der Waals surface area contributed by atoms with Crippen LogP contribution in [0.15, 0.2) is 35.1 Å². The highest BCUT2D eigenvalue weighted by Gasteiger charge is 2.73. The summed E-state index contributed by atoms with van der Waals surface area (Å²) in [6.07, 6.45) is -9.33. The third-order valence-corrected chi connectivity index (χ3v) is 5.94. The van der Waals surface area contributed by atoms with Crippen LogP contribution in [0.4, 0.5) is 41.2 Å². The quantitative estimate of drug-likeness (QED) is 0.595. The van der Waals surface area contributed by atoms with E-state index in [0.717, 1.165) is 13.8 Å². The Morgan fingerprint density at radius 3 is 1.70 bits per heavy atom. The van der Waals surface area contributed by atoms with E-state index in [0.29, 0.717) is 12.1 Å². The van der Waals surface area contributed by atoms with E-state index < -0.39 is 39.0 Å². The van der Waals surface area contributed by atoms with Crippen molar-refractivity contribution < 1.29 is 35.5 Å². The predicted octanol–water partition coefficient (Wildman–Crippen LogP) is 5.84. The molecule has 0 radical (unpaired) electrons. The van der Waals surface area contributed by atoms with Crippen LogP contribution >= 0.6 is 10.2 Å². The molecule has 0 saturated carbocycles. The molecule has 0 aromatic heterocycles. The molecule has 2 rings (SSSR count). The van der Waals surface area contributed by atoms with Crippen LogP contribution in [0.25, 0.3) is 0 Å². The number of benzene rings is 1. The second-order valence-electron chi connectivity index (χ2n) is 5.97. The first-order valence-electron chi connectivity index (χ1n) is 7.34. The summed E-state index contributed by atoms with van der Waals surface area (Å²) in [5.74, 6) is 0. The van der Waals surface area contributed by atoms with Gasteiger partial charge in [-0.15, -0.1) is 0 Å². The summed E-state index contributed by atoms with van der Waals surface area (Å²) >= 11 is 0. The second kappa shape index (κ2) is 6.55. The Hall–Kier alpha value is -2.01. The summed E-state index contributed by atoms with van der Waals surface area (Å²) in [4.78, 5) is 12.3. The van der Waals surface area contributed by atoms with Crippen molar-refractivity contribution >= 4 is 21.1 Å². The van der Waals surface area contributed by atoms with Crippen molar-refractivity contribution in [3.05, 3.63) is 51.8 Å². The number of carbonyl (C=O) groups is 1. The molecular formula is C16H15F7N2OS. The van der Waals surface area contributed by atoms with Crippen LogP contribution in [-0.2, 0) is 5.67 Å². The van der Waals surface area contributed by atoms with Crippen molar-refractivity contribution in [2.24, 2.45) is 5.14 Å². The van der Waals surface area contributed by atoms with Crippen molar-refractivity contribution in [2.45, 2.75) is 31.9 Å². The third kappa shape index (κ3) is 3.57. The molecule has 1 aliphatic heterocycles. The molecule has 0 fully saturated rings. The fraction of sp³-hybridized carbons (Fsp3) is 0.312. The smallest absolute Gasteiger partial charge is 0.316 e. The lowest BCUT2D eigenvalue weighted by Crippen LogP contribution is -2.50. The number of carbonyl (C=O) groups excluding carboxylic acids is 1. The highest BCUT2D eigenvalue weighted by molar-refractivity contribution is 8.48. The van der Waals surface area contributed by atoms with Gasteiger partial charge in [0.15, 0.2) is 0 Å². The van der Waals surface area contributed by atoms with Gasteiger partial charge in [0, 0.05) is 11.3 Å². The molecule has 3 N–H and O–H groups in total. The summed E-state index contributed by atoms with van der Waals surface area (Å²) < 4.78 is 91.8. The molecule has 1 amide bonds. The number of alkyl halides is 7. The van der Waals surface area contributed by atoms with Gasteiger partial charge in [0.1, 0.15) is 0 Å². The number of rotatable bonds is 2. The first-order valence-corrected chi connectivity index (χ1v) is 9.17. The van der Waals surface area contributed by atoms with E-state index in [1.54, 1.807) is 12.2 Å². The van der Waals surface area contributed by atoms with Gasteiger partial charge in [0.25, 0.3) is 5.24 Å². The molecule has 3 nitrogen and oxygen atoms in total. The Labute approximate surface area is 151 Å². The minimum Gasteiger partial charge on any atom is -0.316 e. The molecule has 0 saturated heterocycles. The van der Waals surface area contributed by atoms with Gasteiger partial charge in [-0.05, 0) is 35.8 Å². The molecule has 11 heteroatoms. The maximum absolute atomic E-state index is 14.2. The summed E-state index contributed by atoms with van der Waals surface area (Å²) in [7, 11) is -2.44. The minimum atomic E-state index is -6.21. The highest BCUT2D eigenvalue weighted by Crippen LogP contribution is 2.54. The van der Waals surface area contributed by atoms with Gasteiger partial charge in [-0.25, -0.2) is 4.39 Å². The minimum absolute atomic E-state index is 0.0264. The van der Waals surface area contributed by atoms with Crippen molar-refractivity contribution in [1.82, 2.24) is 0 Å². The molecular weight excluding hydrogens is 401 g/mol. The van der Waals surface area contributed by atoms with E-state index in [9.17, 15) is 35.5 Å². The fourth-order valence-electron chi connectivity index (χ4n) is 2.56. The monoisotopic (exact) mass is 416 g/mol. The molecule has 1 aromatic rings. The van der Waals surface area contributed by atoms with E-state index in [1.807, 2.05) is 0 Å². The summed E-state index contributed by atoms with van der Waals surface area (Å²) in [5.41, 5.74) is -7.49. The number of amides is 1. The van der Waals surface area contributed by atoms with Crippen LogP contribution < -0.4 is 10.5 Å². The van der Waals surface area contributed by atoms with E-state index in [2.05, 4.69) is 5.32 Å². The number of nitrogens with one attached hydrogen (secondary N) is 1. The molecule has 0 unspecified atom stereocenters. The Balaban J connectivity index is 2.49. The van der Waals surface area contributed by atoms with Gasteiger partial charge in [-0.1, -0.05) is 34.5 Å². The zero-order chi connectivity index (χ0) is 20.8. The molecule has 1 aliphatic rings. The Morgan fingerprint density at radius 1 is 0.926 bits per heavy atom. The number of hydrogen-bond acceptors (Lipinski definition) is 2. The van der Waals surface area contributed by atoms with E-state index in [1.165, 1.54) is 10.8 Å². The predicted molar refractivity (Wildman–Crippen MR) is 89.9 cm³/mol. The number of anilines is 1. The number of allylic oxidation sites excluding steroid dienone is 2. The molecule has 1 aromatic carbocycles. The van der Waals surface area contributed by atoms with E-state index >= 15 is 0 Å². The average molecular weight is 416 g/mol. The zero-order valence-corrected chi connectivity index (χ0v) is 14.8. The molecule has 150 valence electrons. The summed E-state index contributed by atoms with van der Waals surface area (Å²) in [5, 5.41) is 10.5. The lowest BCUT2D eigenvalue weighted by atomic mass is 9.90. The molecule has 0 bridgehead atoms. The van der Waals surface area contributed by atoms with Crippen molar-refractivity contribution in [1.29, 1.82) is 0 Å². The van der Waals surface area contributed by atoms with Gasteiger partial charge in [0.05, 0.1) is 0 Å². The Morgan fingerprint density at radius 2 is 1.33 bits per heavy atom. The normalized spacial score (nSPS) is 17.9.